The van der Waals surface area contributed by atoms with Gasteiger partial charge in [0.25, 0.3) is 0 Å². The summed E-state index contributed by atoms with van der Waals surface area (Å²) in [6.07, 6.45) is 3.41. The van der Waals surface area contributed by atoms with Crippen molar-refractivity contribution in [2.24, 2.45) is 11.8 Å². The summed E-state index contributed by atoms with van der Waals surface area (Å²) in [6, 6.07) is 7.97. The molecule has 2 fully saturated rings. The molecule has 2 heterocycles. The van der Waals surface area contributed by atoms with Crippen molar-refractivity contribution in [2.75, 3.05) is 44.4 Å². The van der Waals surface area contributed by atoms with Crippen LogP contribution in [0.5, 0.6) is 0 Å². The number of anilines is 1. The minimum Gasteiger partial charge on any atom is -0.342 e. The molecule has 2 amide bonds. The fourth-order valence-corrected chi connectivity index (χ4v) is 4.04. The highest BCUT2D eigenvalue weighted by Gasteiger charge is 2.38. The number of nitrogens with one attached hydrogen (secondary N) is 1. The lowest BCUT2D eigenvalue weighted by atomic mass is 10.1. The third-order valence-electron chi connectivity index (χ3n) is 4.95. The molecule has 24 heavy (non-hydrogen) atoms. The van der Waals surface area contributed by atoms with E-state index in [1.54, 1.807) is 16.7 Å². The maximum Gasteiger partial charge on any atom is 0.228 e. The Morgan fingerprint density at radius 1 is 1.29 bits per heavy atom. The molecule has 2 atom stereocenters. The van der Waals surface area contributed by atoms with Crippen LogP contribution in [0.3, 0.4) is 0 Å². The molecule has 0 aromatic heterocycles. The van der Waals surface area contributed by atoms with Crippen LogP contribution in [-0.4, -0.2) is 56.2 Å². The molecule has 5 nitrogen and oxygen atoms in total. The van der Waals surface area contributed by atoms with Crippen molar-refractivity contribution in [1.29, 1.82) is 0 Å². The zero-order chi connectivity index (χ0) is 17.1. The summed E-state index contributed by atoms with van der Waals surface area (Å²) < 4.78 is 0. The van der Waals surface area contributed by atoms with E-state index < -0.39 is 0 Å². The van der Waals surface area contributed by atoms with E-state index >= 15 is 0 Å². The number of likely N-dealkylation sites (tertiary alicyclic amines) is 1. The Bertz CT molecular complexity index is 605. The molecule has 2 aliphatic rings. The van der Waals surface area contributed by atoms with Gasteiger partial charge in [0.05, 0.1) is 5.92 Å². The van der Waals surface area contributed by atoms with Crippen LogP contribution in [0.1, 0.15) is 12.8 Å². The molecule has 2 unspecified atom stereocenters. The molecular weight excluding hydrogens is 322 g/mol. The van der Waals surface area contributed by atoms with Gasteiger partial charge in [0.1, 0.15) is 0 Å². The molecule has 1 aromatic carbocycles. The van der Waals surface area contributed by atoms with Crippen molar-refractivity contribution >= 4 is 29.3 Å². The van der Waals surface area contributed by atoms with Gasteiger partial charge in [-0.2, -0.15) is 0 Å². The standard InChI is InChI=1S/C18H25N3O2S/c1-19-10-13-7-8-20(11-13)18(23)14-9-17(22)21(12-14)15-3-5-16(24-2)6-4-15/h3-6,13-14,19H,7-12H2,1-2H3. The van der Waals surface area contributed by atoms with Crippen LogP contribution in [0.2, 0.25) is 0 Å². The number of benzene rings is 1. The van der Waals surface area contributed by atoms with Crippen LogP contribution in [0.15, 0.2) is 29.2 Å². The second-order valence-electron chi connectivity index (χ2n) is 6.60. The first kappa shape index (κ1) is 17.3. The highest BCUT2D eigenvalue weighted by Crippen LogP contribution is 2.29. The predicted octanol–water partition coefficient (Wildman–Crippen LogP) is 1.83. The molecule has 1 N–H and O–H groups in total. The Morgan fingerprint density at radius 2 is 2.04 bits per heavy atom. The highest BCUT2D eigenvalue weighted by molar-refractivity contribution is 7.98. The van der Waals surface area contributed by atoms with Gasteiger partial charge in [0, 0.05) is 36.6 Å². The lowest BCUT2D eigenvalue weighted by molar-refractivity contribution is -0.134. The minimum absolute atomic E-state index is 0.0521. The summed E-state index contributed by atoms with van der Waals surface area (Å²) in [4.78, 5) is 30.0. The van der Waals surface area contributed by atoms with Crippen molar-refractivity contribution in [3.8, 4) is 0 Å². The fourth-order valence-electron chi connectivity index (χ4n) is 3.63. The first-order chi connectivity index (χ1) is 11.6. The van der Waals surface area contributed by atoms with Crippen molar-refractivity contribution in [3.63, 3.8) is 0 Å². The SMILES string of the molecule is CNCC1CCN(C(=O)C2CC(=O)N(c3ccc(SC)cc3)C2)C1. The maximum atomic E-state index is 12.7. The lowest BCUT2D eigenvalue weighted by Gasteiger charge is -2.21. The fraction of sp³-hybridized carbons (Fsp3) is 0.556. The number of rotatable bonds is 5. The van der Waals surface area contributed by atoms with E-state index in [2.05, 4.69) is 5.32 Å². The molecule has 0 aliphatic carbocycles. The highest BCUT2D eigenvalue weighted by atomic mass is 32.2. The minimum atomic E-state index is -0.203. The van der Waals surface area contributed by atoms with E-state index in [4.69, 9.17) is 0 Å². The second kappa shape index (κ2) is 7.57. The quantitative estimate of drug-likeness (QED) is 0.826. The number of carbonyl (C=O) groups excluding carboxylic acids is 2. The molecule has 0 bridgehead atoms. The smallest absolute Gasteiger partial charge is 0.228 e. The first-order valence-electron chi connectivity index (χ1n) is 8.50. The molecule has 0 spiro atoms. The van der Waals surface area contributed by atoms with Crippen molar-refractivity contribution in [3.05, 3.63) is 24.3 Å². The van der Waals surface area contributed by atoms with Crippen molar-refractivity contribution < 1.29 is 9.59 Å². The van der Waals surface area contributed by atoms with E-state index in [0.29, 0.717) is 18.9 Å². The zero-order valence-electron chi connectivity index (χ0n) is 14.3. The first-order valence-corrected chi connectivity index (χ1v) is 9.72. The molecule has 2 saturated heterocycles. The van der Waals surface area contributed by atoms with Gasteiger partial charge in [-0.1, -0.05) is 0 Å². The predicted molar refractivity (Wildman–Crippen MR) is 97.3 cm³/mol. The molecule has 3 rings (SSSR count). The maximum absolute atomic E-state index is 12.7. The normalized spacial score (nSPS) is 24.0. The number of thioether (sulfide) groups is 1. The summed E-state index contributed by atoms with van der Waals surface area (Å²) in [7, 11) is 1.94. The Balaban J connectivity index is 1.62. The van der Waals surface area contributed by atoms with E-state index in [1.165, 1.54) is 4.90 Å². The van der Waals surface area contributed by atoms with E-state index in [-0.39, 0.29) is 17.7 Å². The molecule has 0 radical (unpaired) electrons. The molecule has 130 valence electrons. The number of carbonyl (C=O) groups is 2. The average Bonchev–Trinajstić information content (AvgIpc) is 3.22. The Hall–Kier alpha value is -1.53. The Morgan fingerprint density at radius 3 is 2.71 bits per heavy atom. The summed E-state index contributed by atoms with van der Waals surface area (Å²) in [6.45, 7) is 3.08. The van der Waals surface area contributed by atoms with Crippen LogP contribution in [0, 0.1) is 11.8 Å². The lowest BCUT2D eigenvalue weighted by Crippen LogP contribution is -2.36. The van der Waals surface area contributed by atoms with Gasteiger partial charge in [-0.15, -0.1) is 11.8 Å². The third-order valence-corrected chi connectivity index (χ3v) is 5.69. The molecular formula is C18H25N3O2S. The van der Waals surface area contributed by atoms with Crippen LogP contribution in [-0.2, 0) is 9.59 Å². The topological polar surface area (TPSA) is 52.7 Å². The molecule has 2 aliphatic heterocycles. The van der Waals surface area contributed by atoms with Crippen LogP contribution >= 0.6 is 11.8 Å². The van der Waals surface area contributed by atoms with Crippen LogP contribution < -0.4 is 10.2 Å². The van der Waals surface area contributed by atoms with Gasteiger partial charge >= 0.3 is 0 Å². The summed E-state index contributed by atoms with van der Waals surface area (Å²) in [5.74, 6) is 0.527. The molecule has 0 saturated carbocycles. The van der Waals surface area contributed by atoms with Gasteiger partial charge in [0.2, 0.25) is 11.8 Å². The van der Waals surface area contributed by atoms with Gasteiger partial charge in [-0.05, 0) is 56.5 Å². The summed E-state index contributed by atoms with van der Waals surface area (Å²) >= 11 is 1.68. The number of hydrogen-bond acceptors (Lipinski definition) is 4. The van der Waals surface area contributed by atoms with Gasteiger partial charge < -0.3 is 15.1 Å². The van der Waals surface area contributed by atoms with Gasteiger partial charge in [0.15, 0.2) is 0 Å². The number of amides is 2. The van der Waals surface area contributed by atoms with Gasteiger partial charge in [-0.3, -0.25) is 9.59 Å². The van der Waals surface area contributed by atoms with E-state index in [0.717, 1.165) is 31.7 Å². The van der Waals surface area contributed by atoms with Crippen LogP contribution in [0.4, 0.5) is 5.69 Å². The van der Waals surface area contributed by atoms with Crippen molar-refractivity contribution in [2.45, 2.75) is 17.7 Å². The summed E-state index contributed by atoms with van der Waals surface area (Å²) in [5.41, 5.74) is 0.891. The van der Waals surface area contributed by atoms with Gasteiger partial charge in [-0.25, -0.2) is 0 Å². The number of nitrogens with zero attached hydrogens (tertiary/aromatic N) is 2. The Kier molecular flexibility index (Phi) is 5.46. The largest absolute Gasteiger partial charge is 0.342 e. The third kappa shape index (κ3) is 3.59. The van der Waals surface area contributed by atoms with Crippen molar-refractivity contribution in [1.82, 2.24) is 10.2 Å². The molecule has 1 aromatic rings. The Labute approximate surface area is 147 Å². The second-order valence-corrected chi connectivity index (χ2v) is 7.48. The monoisotopic (exact) mass is 347 g/mol. The average molecular weight is 347 g/mol. The summed E-state index contributed by atoms with van der Waals surface area (Å²) in [5, 5.41) is 3.18. The zero-order valence-corrected chi connectivity index (χ0v) is 15.1. The van der Waals surface area contributed by atoms with Crippen LogP contribution in [0.25, 0.3) is 0 Å². The van der Waals surface area contributed by atoms with E-state index in [1.807, 2.05) is 42.5 Å². The van der Waals surface area contributed by atoms with E-state index in [9.17, 15) is 9.59 Å². The number of hydrogen-bond donors (Lipinski definition) is 1. The molecule has 6 heteroatoms.